The van der Waals surface area contributed by atoms with Gasteiger partial charge < -0.3 is 15.0 Å². The van der Waals surface area contributed by atoms with Gasteiger partial charge >= 0.3 is 0 Å². The standard InChI is InChI=1S/C13H23N3O2/c1-3-9-5-4-6-10(7-9)12-15-13(18-16-12)11(14)8-17-2/h9-11H,3-8,14H2,1-2H3. The second kappa shape index (κ2) is 6.29. The molecule has 1 aromatic heterocycles. The molecule has 102 valence electrons. The van der Waals surface area contributed by atoms with Crippen LogP contribution in [0, 0.1) is 5.92 Å². The summed E-state index contributed by atoms with van der Waals surface area (Å²) in [6.07, 6.45) is 6.17. The predicted molar refractivity (Wildman–Crippen MR) is 68.1 cm³/mol. The Kier molecular flexibility index (Phi) is 4.72. The van der Waals surface area contributed by atoms with E-state index in [1.807, 2.05) is 0 Å². The highest BCUT2D eigenvalue weighted by atomic mass is 16.5. The Morgan fingerprint density at radius 1 is 1.50 bits per heavy atom. The van der Waals surface area contributed by atoms with E-state index in [1.165, 1.54) is 25.7 Å². The summed E-state index contributed by atoms with van der Waals surface area (Å²) in [5.41, 5.74) is 5.88. The third-order valence-corrected chi connectivity index (χ3v) is 3.85. The Morgan fingerprint density at radius 2 is 2.33 bits per heavy atom. The molecule has 1 fully saturated rings. The molecular formula is C13H23N3O2. The highest BCUT2D eigenvalue weighted by molar-refractivity contribution is 5.00. The smallest absolute Gasteiger partial charge is 0.245 e. The lowest BCUT2D eigenvalue weighted by molar-refractivity contribution is 0.166. The van der Waals surface area contributed by atoms with Gasteiger partial charge in [-0.25, -0.2) is 0 Å². The zero-order valence-electron chi connectivity index (χ0n) is 11.3. The molecule has 3 atom stereocenters. The number of rotatable bonds is 5. The molecule has 2 N–H and O–H groups in total. The number of aromatic nitrogens is 2. The quantitative estimate of drug-likeness (QED) is 0.872. The highest BCUT2D eigenvalue weighted by Crippen LogP contribution is 2.36. The van der Waals surface area contributed by atoms with E-state index in [0.29, 0.717) is 18.4 Å². The van der Waals surface area contributed by atoms with E-state index in [2.05, 4.69) is 17.1 Å². The number of hydrogen-bond donors (Lipinski definition) is 1. The molecular weight excluding hydrogens is 230 g/mol. The lowest BCUT2D eigenvalue weighted by atomic mass is 9.80. The van der Waals surface area contributed by atoms with Gasteiger partial charge in [0, 0.05) is 13.0 Å². The largest absolute Gasteiger partial charge is 0.383 e. The van der Waals surface area contributed by atoms with Crippen LogP contribution >= 0.6 is 0 Å². The van der Waals surface area contributed by atoms with Crippen molar-refractivity contribution in [3.05, 3.63) is 11.7 Å². The minimum absolute atomic E-state index is 0.318. The fourth-order valence-corrected chi connectivity index (χ4v) is 2.71. The third-order valence-electron chi connectivity index (χ3n) is 3.85. The van der Waals surface area contributed by atoms with Crippen molar-refractivity contribution in [3.63, 3.8) is 0 Å². The predicted octanol–water partition coefficient (Wildman–Crippen LogP) is 2.40. The number of nitrogens with two attached hydrogens (primary N) is 1. The van der Waals surface area contributed by atoms with Crippen molar-refractivity contribution in [1.82, 2.24) is 10.1 Å². The molecule has 0 bridgehead atoms. The molecule has 3 unspecified atom stereocenters. The maximum atomic E-state index is 5.88. The lowest BCUT2D eigenvalue weighted by Crippen LogP contribution is -2.17. The molecule has 0 aromatic carbocycles. The van der Waals surface area contributed by atoms with E-state index in [1.54, 1.807) is 7.11 Å². The summed E-state index contributed by atoms with van der Waals surface area (Å²) in [5, 5.41) is 4.09. The van der Waals surface area contributed by atoms with E-state index in [4.69, 9.17) is 15.0 Å². The summed E-state index contributed by atoms with van der Waals surface area (Å²) in [6.45, 7) is 2.66. The zero-order chi connectivity index (χ0) is 13.0. The fourth-order valence-electron chi connectivity index (χ4n) is 2.71. The maximum Gasteiger partial charge on any atom is 0.245 e. The second-order valence-electron chi connectivity index (χ2n) is 5.19. The van der Waals surface area contributed by atoms with Crippen molar-refractivity contribution in [3.8, 4) is 0 Å². The van der Waals surface area contributed by atoms with Crippen LogP contribution in [0.15, 0.2) is 4.52 Å². The summed E-state index contributed by atoms with van der Waals surface area (Å²) in [5.74, 6) is 2.56. The van der Waals surface area contributed by atoms with E-state index in [9.17, 15) is 0 Å². The molecule has 1 aliphatic rings. The molecule has 0 spiro atoms. The van der Waals surface area contributed by atoms with Crippen molar-refractivity contribution in [2.45, 2.75) is 51.0 Å². The van der Waals surface area contributed by atoms with Crippen LogP contribution in [0.1, 0.15) is 62.7 Å². The van der Waals surface area contributed by atoms with E-state index >= 15 is 0 Å². The first kappa shape index (κ1) is 13.5. The summed E-state index contributed by atoms with van der Waals surface area (Å²) in [4.78, 5) is 4.44. The topological polar surface area (TPSA) is 74.2 Å². The van der Waals surface area contributed by atoms with Crippen molar-refractivity contribution < 1.29 is 9.26 Å². The molecule has 1 aliphatic carbocycles. The normalized spacial score (nSPS) is 26.2. The Balaban J connectivity index is 2.00. The Morgan fingerprint density at radius 3 is 3.06 bits per heavy atom. The van der Waals surface area contributed by atoms with E-state index in [0.717, 1.165) is 18.2 Å². The molecule has 5 nitrogen and oxygen atoms in total. The van der Waals surface area contributed by atoms with Gasteiger partial charge in [0.15, 0.2) is 5.82 Å². The number of hydrogen-bond acceptors (Lipinski definition) is 5. The first-order valence-corrected chi connectivity index (χ1v) is 6.82. The van der Waals surface area contributed by atoms with Crippen LogP contribution in [0.4, 0.5) is 0 Å². The van der Waals surface area contributed by atoms with Gasteiger partial charge in [0.25, 0.3) is 0 Å². The van der Waals surface area contributed by atoms with Gasteiger partial charge in [0.05, 0.1) is 6.61 Å². The number of methoxy groups -OCH3 is 1. The number of ether oxygens (including phenoxy) is 1. The van der Waals surface area contributed by atoms with Crippen molar-refractivity contribution in [2.75, 3.05) is 13.7 Å². The van der Waals surface area contributed by atoms with Gasteiger partial charge in [-0.05, 0) is 18.8 Å². The van der Waals surface area contributed by atoms with Crippen LogP contribution in [0.2, 0.25) is 0 Å². The molecule has 1 heterocycles. The first-order valence-electron chi connectivity index (χ1n) is 6.82. The van der Waals surface area contributed by atoms with Crippen molar-refractivity contribution >= 4 is 0 Å². The summed E-state index contributed by atoms with van der Waals surface area (Å²) in [7, 11) is 1.62. The van der Waals surface area contributed by atoms with Crippen molar-refractivity contribution in [1.29, 1.82) is 0 Å². The zero-order valence-corrected chi connectivity index (χ0v) is 11.3. The van der Waals surface area contributed by atoms with Gasteiger partial charge in [0.1, 0.15) is 6.04 Å². The molecule has 18 heavy (non-hydrogen) atoms. The Labute approximate surface area is 108 Å². The van der Waals surface area contributed by atoms with Crippen LogP contribution in [-0.2, 0) is 4.74 Å². The highest BCUT2D eigenvalue weighted by Gasteiger charge is 2.26. The Hall–Kier alpha value is -0.940. The van der Waals surface area contributed by atoms with E-state index < -0.39 is 0 Å². The van der Waals surface area contributed by atoms with Crippen molar-refractivity contribution in [2.24, 2.45) is 11.7 Å². The number of nitrogens with zero attached hydrogens (tertiary/aromatic N) is 2. The average molecular weight is 253 g/mol. The van der Waals surface area contributed by atoms with Gasteiger partial charge in [0.2, 0.25) is 5.89 Å². The van der Waals surface area contributed by atoms with Gasteiger partial charge in [-0.1, -0.05) is 31.3 Å². The van der Waals surface area contributed by atoms with Crippen LogP contribution < -0.4 is 5.73 Å². The van der Waals surface area contributed by atoms with Gasteiger partial charge in [-0.15, -0.1) is 0 Å². The molecule has 0 saturated heterocycles. The minimum atomic E-state index is -0.318. The van der Waals surface area contributed by atoms with Gasteiger partial charge in [-0.3, -0.25) is 0 Å². The van der Waals surface area contributed by atoms with E-state index in [-0.39, 0.29) is 6.04 Å². The summed E-state index contributed by atoms with van der Waals surface area (Å²) < 4.78 is 10.2. The second-order valence-corrected chi connectivity index (χ2v) is 5.19. The van der Waals surface area contributed by atoms with Crippen LogP contribution in [-0.4, -0.2) is 23.9 Å². The summed E-state index contributed by atoms with van der Waals surface area (Å²) >= 11 is 0. The first-order chi connectivity index (χ1) is 8.74. The van der Waals surface area contributed by atoms with Crippen LogP contribution in [0.5, 0.6) is 0 Å². The molecule has 5 heteroatoms. The maximum absolute atomic E-state index is 5.88. The van der Waals surface area contributed by atoms with Gasteiger partial charge in [-0.2, -0.15) is 4.98 Å². The Bertz CT molecular complexity index is 367. The molecule has 0 radical (unpaired) electrons. The lowest BCUT2D eigenvalue weighted by Gasteiger charge is -2.26. The third kappa shape index (κ3) is 3.09. The molecule has 2 rings (SSSR count). The molecule has 0 aliphatic heterocycles. The molecule has 1 saturated carbocycles. The average Bonchev–Trinajstić information content (AvgIpc) is 2.89. The minimum Gasteiger partial charge on any atom is -0.383 e. The van der Waals surface area contributed by atoms with Crippen LogP contribution in [0.3, 0.4) is 0 Å². The molecule has 0 amide bonds. The molecule has 1 aromatic rings. The van der Waals surface area contributed by atoms with Crippen LogP contribution in [0.25, 0.3) is 0 Å². The monoisotopic (exact) mass is 253 g/mol. The summed E-state index contributed by atoms with van der Waals surface area (Å²) in [6, 6.07) is -0.318. The fraction of sp³-hybridized carbons (Fsp3) is 0.846. The SMILES string of the molecule is CCC1CCCC(c2noc(C(N)COC)n2)C1.